The number of carbonyl (C=O) groups excluding carboxylic acids is 1. The Kier molecular flexibility index (Phi) is 4.24. The van der Waals surface area contributed by atoms with Gasteiger partial charge in [-0.25, -0.2) is 0 Å². The molecule has 0 aliphatic carbocycles. The number of nitrogens with zero attached hydrogens (tertiary/aromatic N) is 2. The van der Waals surface area contributed by atoms with Crippen molar-refractivity contribution in [3.05, 3.63) is 35.9 Å². The molecule has 0 radical (unpaired) electrons. The Morgan fingerprint density at radius 2 is 2.00 bits per heavy atom. The molecule has 1 amide bonds. The van der Waals surface area contributed by atoms with Crippen molar-refractivity contribution in [2.75, 3.05) is 6.54 Å². The lowest BCUT2D eigenvalue weighted by atomic mass is 10.0. The fraction of sp³-hybridized carbons (Fsp3) is 0.385. The van der Waals surface area contributed by atoms with Crippen molar-refractivity contribution < 1.29 is 4.79 Å². The van der Waals surface area contributed by atoms with E-state index in [1.54, 1.807) is 13.8 Å². The third kappa shape index (κ3) is 3.89. The predicted octanol–water partition coefficient (Wildman–Crippen LogP) is 1.28. The lowest BCUT2D eigenvalue weighted by Crippen LogP contribution is -2.50. The highest BCUT2D eigenvalue weighted by Gasteiger charge is 2.27. The van der Waals surface area contributed by atoms with Crippen LogP contribution in [0.2, 0.25) is 0 Å². The molecule has 2 N–H and O–H groups in total. The number of nitriles is 1. The third-order valence-electron chi connectivity index (χ3n) is 2.32. The molecule has 0 saturated heterocycles. The van der Waals surface area contributed by atoms with Crippen LogP contribution in [0.1, 0.15) is 19.4 Å². The standard InChI is InChI=1S/C13H17N3O/c1-13(2,15)12(17)16(9-8-14)10-11-6-4-3-5-7-11/h3-7H,9-10,15H2,1-2H3. The highest BCUT2D eigenvalue weighted by molar-refractivity contribution is 5.85. The molecule has 4 heteroatoms. The molecule has 1 aromatic carbocycles. The van der Waals surface area contributed by atoms with Crippen LogP contribution < -0.4 is 5.73 Å². The number of benzene rings is 1. The first-order valence-corrected chi connectivity index (χ1v) is 5.44. The maximum atomic E-state index is 12.0. The molecular formula is C13H17N3O. The van der Waals surface area contributed by atoms with E-state index < -0.39 is 5.54 Å². The van der Waals surface area contributed by atoms with Crippen molar-refractivity contribution in [1.29, 1.82) is 5.26 Å². The van der Waals surface area contributed by atoms with Gasteiger partial charge in [0.05, 0.1) is 11.6 Å². The topological polar surface area (TPSA) is 70.1 Å². The summed E-state index contributed by atoms with van der Waals surface area (Å²) in [5.41, 5.74) is 5.80. The lowest BCUT2D eigenvalue weighted by Gasteiger charge is -2.27. The van der Waals surface area contributed by atoms with Crippen LogP contribution >= 0.6 is 0 Å². The highest BCUT2D eigenvalue weighted by Crippen LogP contribution is 2.09. The van der Waals surface area contributed by atoms with Crippen LogP contribution in [0.3, 0.4) is 0 Å². The van der Waals surface area contributed by atoms with E-state index in [1.807, 2.05) is 36.4 Å². The molecular weight excluding hydrogens is 214 g/mol. The molecule has 0 fully saturated rings. The molecule has 0 bridgehead atoms. The van der Waals surface area contributed by atoms with Crippen LogP contribution in [-0.2, 0) is 11.3 Å². The van der Waals surface area contributed by atoms with Gasteiger partial charge in [-0.3, -0.25) is 4.79 Å². The average molecular weight is 231 g/mol. The van der Waals surface area contributed by atoms with E-state index in [0.717, 1.165) is 5.56 Å². The number of nitrogens with two attached hydrogens (primary N) is 1. The zero-order chi connectivity index (χ0) is 12.9. The Hall–Kier alpha value is -1.86. The Morgan fingerprint density at radius 1 is 1.41 bits per heavy atom. The van der Waals surface area contributed by atoms with Gasteiger partial charge in [-0.1, -0.05) is 30.3 Å². The first kappa shape index (κ1) is 13.2. The zero-order valence-electron chi connectivity index (χ0n) is 10.2. The first-order valence-electron chi connectivity index (χ1n) is 5.44. The van der Waals surface area contributed by atoms with Crippen molar-refractivity contribution in [2.45, 2.75) is 25.9 Å². The van der Waals surface area contributed by atoms with Gasteiger partial charge in [0.2, 0.25) is 5.91 Å². The summed E-state index contributed by atoms with van der Waals surface area (Å²) in [7, 11) is 0. The summed E-state index contributed by atoms with van der Waals surface area (Å²) in [5.74, 6) is -0.220. The second-order valence-electron chi connectivity index (χ2n) is 4.53. The number of hydrogen-bond acceptors (Lipinski definition) is 3. The predicted molar refractivity (Wildman–Crippen MR) is 65.7 cm³/mol. The van der Waals surface area contributed by atoms with E-state index in [1.165, 1.54) is 4.90 Å². The van der Waals surface area contributed by atoms with Gasteiger partial charge in [0.1, 0.15) is 6.54 Å². The molecule has 0 saturated carbocycles. The Balaban J connectivity index is 2.81. The molecule has 4 nitrogen and oxygen atoms in total. The molecule has 0 aliphatic rings. The van der Waals surface area contributed by atoms with Crippen molar-refractivity contribution in [3.8, 4) is 6.07 Å². The summed E-state index contributed by atoms with van der Waals surface area (Å²) in [6.45, 7) is 3.75. The van der Waals surface area contributed by atoms with E-state index >= 15 is 0 Å². The minimum absolute atomic E-state index is 0.0500. The Morgan fingerprint density at radius 3 is 2.47 bits per heavy atom. The fourth-order valence-electron chi connectivity index (χ4n) is 1.50. The zero-order valence-corrected chi connectivity index (χ0v) is 10.2. The second kappa shape index (κ2) is 5.46. The number of rotatable bonds is 4. The van der Waals surface area contributed by atoms with Crippen molar-refractivity contribution in [3.63, 3.8) is 0 Å². The van der Waals surface area contributed by atoms with Crippen molar-refractivity contribution in [2.24, 2.45) is 5.73 Å². The van der Waals surface area contributed by atoms with Crippen molar-refractivity contribution >= 4 is 5.91 Å². The van der Waals surface area contributed by atoms with Crippen LogP contribution in [0.25, 0.3) is 0 Å². The van der Waals surface area contributed by atoms with Gasteiger partial charge in [-0.15, -0.1) is 0 Å². The molecule has 1 aromatic rings. The fourth-order valence-corrected chi connectivity index (χ4v) is 1.50. The minimum atomic E-state index is -0.953. The normalized spacial score (nSPS) is 10.7. The van der Waals surface area contributed by atoms with Crippen LogP contribution in [0.4, 0.5) is 0 Å². The largest absolute Gasteiger partial charge is 0.323 e. The van der Waals surface area contributed by atoms with E-state index in [4.69, 9.17) is 11.0 Å². The summed E-state index contributed by atoms with van der Waals surface area (Å²) < 4.78 is 0. The molecule has 0 heterocycles. The molecule has 0 aliphatic heterocycles. The first-order chi connectivity index (χ1) is 7.95. The minimum Gasteiger partial charge on any atom is -0.323 e. The second-order valence-corrected chi connectivity index (χ2v) is 4.53. The SMILES string of the molecule is CC(C)(N)C(=O)N(CC#N)Cc1ccccc1. The molecule has 90 valence electrons. The van der Waals surface area contributed by atoms with Crippen LogP contribution in [0.5, 0.6) is 0 Å². The van der Waals surface area contributed by atoms with Crippen LogP contribution in [0, 0.1) is 11.3 Å². The maximum Gasteiger partial charge on any atom is 0.243 e. The van der Waals surface area contributed by atoms with Gasteiger partial charge in [0, 0.05) is 6.54 Å². The molecule has 0 spiro atoms. The summed E-state index contributed by atoms with van der Waals surface area (Å²) >= 11 is 0. The molecule has 1 rings (SSSR count). The van der Waals surface area contributed by atoms with Gasteiger partial charge < -0.3 is 10.6 Å². The number of carbonyl (C=O) groups is 1. The van der Waals surface area contributed by atoms with Crippen molar-refractivity contribution in [1.82, 2.24) is 4.90 Å². The van der Waals surface area contributed by atoms with E-state index in [-0.39, 0.29) is 12.5 Å². The highest BCUT2D eigenvalue weighted by atomic mass is 16.2. The Labute approximate surface area is 102 Å². The van der Waals surface area contributed by atoms with Gasteiger partial charge in [-0.05, 0) is 19.4 Å². The summed E-state index contributed by atoms with van der Waals surface area (Å²) in [6, 6.07) is 11.5. The van der Waals surface area contributed by atoms with E-state index in [2.05, 4.69) is 0 Å². The summed E-state index contributed by atoms with van der Waals surface area (Å²) in [5, 5.41) is 8.74. The summed E-state index contributed by atoms with van der Waals surface area (Å²) in [4.78, 5) is 13.5. The van der Waals surface area contributed by atoms with E-state index in [0.29, 0.717) is 6.54 Å². The maximum absolute atomic E-state index is 12.0. The summed E-state index contributed by atoms with van der Waals surface area (Å²) in [6.07, 6.45) is 0. The third-order valence-corrected chi connectivity index (χ3v) is 2.32. The number of amides is 1. The lowest BCUT2D eigenvalue weighted by molar-refractivity contribution is -0.135. The molecule has 0 aromatic heterocycles. The number of hydrogen-bond donors (Lipinski definition) is 1. The van der Waals surface area contributed by atoms with Crippen LogP contribution in [0.15, 0.2) is 30.3 Å². The van der Waals surface area contributed by atoms with Crippen LogP contribution in [-0.4, -0.2) is 22.9 Å². The van der Waals surface area contributed by atoms with Gasteiger partial charge in [-0.2, -0.15) is 5.26 Å². The monoisotopic (exact) mass is 231 g/mol. The molecule has 17 heavy (non-hydrogen) atoms. The van der Waals surface area contributed by atoms with Gasteiger partial charge in [0.15, 0.2) is 0 Å². The van der Waals surface area contributed by atoms with E-state index in [9.17, 15) is 4.79 Å². The molecule has 0 atom stereocenters. The Bertz CT molecular complexity index is 415. The quantitative estimate of drug-likeness (QED) is 0.793. The average Bonchev–Trinajstić information content (AvgIpc) is 2.28. The van der Waals surface area contributed by atoms with Gasteiger partial charge in [0.25, 0.3) is 0 Å². The smallest absolute Gasteiger partial charge is 0.243 e. The molecule has 0 unspecified atom stereocenters. The van der Waals surface area contributed by atoms with Gasteiger partial charge >= 0.3 is 0 Å².